The molecule has 0 amide bonds. The summed E-state index contributed by atoms with van der Waals surface area (Å²) in [6.45, 7) is 2.34. The van der Waals surface area contributed by atoms with Gasteiger partial charge in [-0.15, -0.1) is 0 Å². The lowest BCUT2D eigenvalue weighted by molar-refractivity contribution is 0.194. The molecule has 1 unspecified atom stereocenters. The van der Waals surface area contributed by atoms with Gasteiger partial charge in [-0.25, -0.2) is 0 Å². The second kappa shape index (κ2) is 5.10. The lowest BCUT2D eigenvalue weighted by Crippen LogP contribution is -2.00. The van der Waals surface area contributed by atoms with Crippen molar-refractivity contribution in [3.05, 3.63) is 41.5 Å². The predicted molar refractivity (Wildman–Crippen MR) is 62.7 cm³/mol. The summed E-state index contributed by atoms with van der Waals surface area (Å²) in [6.07, 6.45) is 5.23. The van der Waals surface area contributed by atoms with Crippen molar-refractivity contribution in [2.45, 2.75) is 12.3 Å². The van der Waals surface area contributed by atoms with E-state index in [1.807, 2.05) is 6.08 Å². The molecule has 2 nitrogen and oxygen atoms in total. The maximum absolute atomic E-state index is 5.47. The van der Waals surface area contributed by atoms with Gasteiger partial charge in [0.15, 0.2) is 0 Å². The Morgan fingerprint density at radius 3 is 3.00 bits per heavy atom. The van der Waals surface area contributed by atoms with Gasteiger partial charge in [-0.2, -0.15) is 0 Å². The van der Waals surface area contributed by atoms with Crippen LogP contribution in [0.3, 0.4) is 0 Å². The summed E-state index contributed by atoms with van der Waals surface area (Å²) in [6, 6.07) is 8.48. The number of hydrogen-bond donors (Lipinski definition) is 1. The van der Waals surface area contributed by atoms with Gasteiger partial charge in [0.1, 0.15) is 0 Å². The Labute approximate surface area is 90.7 Å². The minimum absolute atomic E-state index is 0.559. The van der Waals surface area contributed by atoms with Gasteiger partial charge < -0.3 is 10.5 Å². The van der Waals surface area contributed by atoms with E-state index in [2.05, 4.69) is 30.3 Å². The molecule has 0 aromatic heterocycles. The van der Waals surface area contributed by atoms with Crippen molar-refractivity contribution in [2.24, 2.45) is 5.73 Å². The summed E-state index contributed by atoms with van der Waals surface area (Å²) in [5.74, 6) is 0.559. The number of benzene rings is 1. The SMILES string of the molecule is NC/C=C/c1ccccc1C1CCOC1. The molecule has 0 spiro atoms. The van der Waals surface area contributed by atoms with Gasteiger partial charge in [-0.05, 0) is 17.5 Å². The molecule has 1 saturated heterocycles. The first-order valence-electron chi connectivity index (χ1n) is 5.45. The van der Waals surface area contributed by atoms with Crippen molar-refractivity contribution in [1.82, 2.24) is 0 Å². The minimum atomic E-state index is 0.559. The van der Waals surface area contributed by atoms with Crippen LogP contribution in [0.4, 0.5) is 0 Å². The molecule has 2 heteroatoms. The summed E-state index contributed by atoms with van der Waals surface area (Å²) >= 11 is 0. The van der Waals surface area contributed by atoms with Crippen molar-refractivity contribution in [2.75, 3.05) is 19.8 Å². The van der Waals surface area contributed by atoms with E-state index in [1.165, 1.54) is 11.1 Å². The van der Waals surface area contributed by atoms with Gasteiger partial charge in [0, 0.05) is 19.1 Å². The molecule has 1 aromatic rings. The largest absolute Gasteiger partial charge is 0.381 e. The smallest absolute Gasteiger partial charge is 0.0535 e. The number of ether oxygens (including phenoxy) is 1. The van der Waals surface area contributed by atoms with Crippen LogP contribution in [0.2, 0.25) is 0 Å². The van der Waals surface area contributed by atoms with Gasteiger partial charge >= 0.3 is 0 Å². The molecule has 15 heavy (non-hydrogen) atoms. The van der Waals surface area contributed by atoms with Gasteiger partial charge in [0.05, 0.1) is 6.61 Å². The monoisotopic (exact) mass is 203 g/mol. The van der Waals surface area contributed by atoms with E-state index in [-0.39, 0.29) is 0 Å². The van der Waals surface area contributed by atoms with Gasteiger partial charge in [-0.1, -0.05) is 36.4 Å². The molecule has 2 rings (SSSR count). The molecule has 2 N–H and O–H groups in total. The van der Waals surface area contributed by atoms with Crippen LogP contribution >= 0.6 is 0 Å². The van der Waals surface area contributed by atoms with Crippen LogP contribution in [0.1, 0.15) is 23.5 Å². The summed E-state index contributed by atoms with van der Waals surface area (Å²) < 4.78 is 5.42. The average Bonchev–Trinajstić information content (AvgIpc) is 2.80. The minimum Gasteiger partial charge on any atom is -0.381 e. The third-order valence-corrected chi connectivity index (χ3v) is 2.80. The lowest BCUT2D eigenvalue weighted by atomic mass is 9.93. The normalized spacial score (nSPS) is 21.3. The first-order valence-corrected chi connectivity index (χ1v) is 5.45. The third kappa shape index (κ3) is 2.46. The van der Waals surface area contributed by atoms with E-state index in [0.717, 1.165) is 19.6 Å². The Kier molecular flexibility index (Phi) is 3.54. The van der Waals surface area contributed by atoms with Crippen LogP contribution in [-0.4, -0.2) is 19.8 Å². The first-order chi connectivity index (χ1) is 7.42. The molecule has 0 saturated carbocycles. The summed E-state index contributed by atoms with van der Waals surface area (Å²) in [7, 11) is 0. The Hall–Kier alpha value is -1.12. The fraction of sp³-hybridized carbons (Fsp3) is 0.385. The molecule has 1 aliphatic heterocycles. The highest BCUT2D eigenvalue weighted by atomic mass is 16.5. The second-order valence-electron chi connectivity index (χ2n) is 3.83. The maximum atomic E-state index is 5.47. The Morgan fingerprint density at radius 2 is 2.27 bits per heavy atom. The maximum Gasteiger partial charge on any atom is 0.0535 e. The van der Waals surface area contributed by atoms with Crippen molar-refractivity contribution < 1.29 is 4.74 Å². The fourth-order valence-electron chi connectivity index (χ4n) is 2.01. The molecule has 1 fully saturated rings. The van der Waals surface area contributed by atoms with Crippen LogP contribution < -0.4 is 5.73 Å². The van der Waals surface area contributed by atoms with E-state index in [1.54, 1.807) is 0 Å². The van der Waals surface area contributed by atoms with Crippen LogP contribution in [0, 0.1) is 0 Å². The lowest BCUT2D eigenvalue weighted by Gasteiger charge is -2.11. The zero-order valence-electron chi connectivity index (χ0n) is 8.86. The molecule has 1 atom stereocenters. The molecule has 0 aliphatic carbocycles. The molecular formula is C13H17NO. The van der Waals surface area contributed by atoms with Crippen LogP contribution in [0.25, 0.3) is 6.08 Å². The van der Waals surface area contributed by atoms with Gasteiger partial charge in [0.2, 0.25) is 0 Å². The van der Waals surface area contributed by atoms with Crippen molar-refractivity contribution in [1.29, 1.82) is 0 Å². The van der Waals surface area contributed by atoms with E-state index in [0.29, 0.717) is 12.5 Å². The van der Waals surface area contributed by atoms with E-state index < -0.39 is 0 Å². The molecule has 1 heterocycles. The second-order valence-corrected chi connectivity index (χ2v) is 3.83. The standard InChI is InChI=1S/C13H17NO/c14-8-3-5-11-4-1-2-6-13(11)12-7-9-15-10-12/h1-6,12H,7-10,14H2/b5-3+. The predicted octanol–water partition coefficient (Wildman–Crippen LogP) is 2.16. The Bertz CT molecular complexity index is 340. The van der Waals surface area contributed by atoms with Crippen molar-refractivity contribution >= 4 is 6.08 Å². The average molecular weight is 203 g/mol. The molecule has 0 radical (unpaired) electrons. The number of nitrogens with two attached hydrogens (primary N) is 1. The van der Waals surface area contributed by atoms with Crippen LogP contribution in [0.15, 0.2) is 30.3 Å². The Balaban J connectivity index is 2.24. The third-order valence-electron chi connectivity index (χ3n) is 2.80. The molecule has 1 aromatic carbocycles. The number of hydrogen-bond acceptors (Lipinski definition) is 2. The quantitative estimate of drug-likeness (QED) is 0.817. The fourth-order valence-corrected chi connectivity index (χ4v) is 2.01. The molecule has 0 bridgehead atoms. The summed E-state index contributed by atoms with van der Waals surface area (Å²) in [4.78, 5) is 0. The topological polar surface area (TPSA) is 35.2 Å². The van der Waals surface area contributed by atoms with E-state index in [4.69, 9.17) is 10.5 Å². The first kappa shape index (κ1) is 10.4. The highest BCUT2D eigenvalue weighted by Gasteiger charge is 2.19. The summed E-state index contributed by atoms with van der Waals surface area (Å²) in [5.41, 5.74) is 8.13. The molecule has 1 aliphatic rings. The zero-order valence-corrected chi connectivity index (χ0v) is 8.86. The highest BCUT2D eigenvalue weighted by molar-refractivity contribution is 5.55. The highest BCUT2D eigenvalue weighted by Crippen LogP contribution is 2.28. The zero-order chi connectivity index (χ0) is 10.5. The van der Waals surface area contributed by atoms with Gasteiger partial charge in [-0.3, -0.25) is 0 Å². The summed E-state index contributed by atoms with van der Waals surface area (Å²) in [5, 5.41) is 0. The van der Waals surface area contributed by atoms with Crippen molar-refractivity contribution in [3.63, 3.8) is 0 Å². The molecular weight excluding hydrogens is 186 g/mol. The van der Waals surface area contributed by atoms with Crippen molar-refractivity contribution in [3.8, 4) is 0 Å². The number of rotatable bonds is 3. The van der Waals surface area contributed by atoms with Crippen LogP contribution in [0.5, 0.6) is 0 Å². The van der Waals surface area contributed by atoms with Crippen LogP contribution in [-0.2, 0) is 4.74 Å². The van der Waals surface area contributed by atoms with Gasteiger partial charge in [0.25, 0.3) is 0 Å². The van der Waals surface area contributed by atoms with E-state index in [9.17, 15) is 0 Å². The molecule has 80 valence electrons. The Morgan fingerprint density at radius 1 is 1.40 bits per heavy atom. The van der Waals surface area contributed by atoms with E-state index >= 15 is 0 Å².